The summed E-state index contributed by atoms with van der Waals surface area (Å²) in [5.41, 5.74) is 1.98. The topological polar surface area (TPSA) is 41.5 Å². The molecule has 21 heavy (non-hydrogen) atoms. The SMILES string of the molecule is OC(CCl)CNc1ccc(OCc2ccc(Cl)cc2)cc1. The zero-order valence-electron chi connectivity index (χ0n) is 11.4. The van der Waals surface area contributed by atoms with Crippen molar-refractivity contribution in [3.8, 4) is 5.75 Å². The van der Waals surface area contributed by atoms with Crippen LogP contribution in [0.15, 0.2) is 48.5 Å². The number of rotatable bonds is 7. The molecule has 0 heterocycles. The van der Waals surface area contributed by atoms with Crippen molar-refractivity contribution < 1.29 is 9.84 Å². The minimum absolute atomic E-state index is 0.218. The van der Waals surface area contributed by atoms with E-state index >= 15 is 0 Å². The van der Waals surface area contributed by atoms with Gasteiger partial charge in [-0.05, 0) is 42.0 Å². The molecule has 0 spiro atoms. The number of aliphatic hydroxyl groups excluding tert-OH is 1. The summed E-state index contributed by atoms with van der Waals surface area (Å²) in [6, 6.07) is 15.1. The molecule has 1 atom stereocenters. The maximum absolute atomic E-state index is 9.38. The first-order valence-electron chi connectivity index (χ1n) is 6.62. The number of hydrogen-bond acceptors (Lipinski definition) is 3. The molecule has 0 fully saturated rings. The highest BCUT2D eigenvalue weighted by Gasteiger charge is 2.02. The highest BCUT2D eigenvalue weighted by Crippen LogP contribution is 2.18. The van der Waals surface area contributed by atoms with Gasteiger partial charge in [-0.3, -0.25) is 0 Å². The summed E-state index contributed by atoms with van der Waals surface area (Å²) in [7, 11) is 0. The fourth-order valence-corrected chi connectivity index (χ4v) is 1.94. The van der Waals surface area contributed by atoms with E-state index < -0.39 is 6.10 Å². The molecule has 0 bridgehead atoms. The lowest BCUT2D eigenvalue weighted by molar-refractivity contribution is 0.211. The van der Waals surface area contributed by atoms with Crippen molar-refractivity contribution in [3.63, 3.8) is 0 Å². The molecular weight excluding hydrogens is 309 g/mol. The van der Waals surface area contributed by atoms with Crippen LogP contribution in [0.5, 0.6) is 5.75 Å². The Balaban J connectivity index is 1.83. The van der Waals surface area contributed by atoms with E-state index in [1.807, 2.05) is 48.5 Å². The molecule has 0 radical (unpaired) electrons. The lowest BCUT2D eigenvalue weighted by Gasteiger charge is -2.11. The first-order chi connectivity index (χ1) is 10.2. The summed E-state index contributed by atoms with van der Waals surface area (Å²) in [5, 5.41) is 13.2. The molecule has 2 aromatic rings. The van der Waals surface area contributed by atoms with Crippen LogP contribution in [0.25, 0.3) is 0 Å². The summed E-state index contributed by atoms with van der Waals surface area (Å²) in [5.74, 6) is 1.00. The number of alkyl halides is 1. The molecule has 2 aromatic carbocycles. The summed E-state index contributed by atoms with van der Waals surface area (Å²) < 4.78 is 5.69. The van der Waals surface area contributed by atoms with E-state index in [2.05, 4.69) is 5.32 Å². The average molecular weight is 326 g/mol. The predicted octanol–water partition coefficient (Wildman–Crippen LogP) is 3.93. The number of nitrogens with one attached hydrogen (secondary N) is 1. The maximum Gasteiger partial charge on any atom is 0.119 e. The molecule has 1 unspecified atom stereocenters. The normalized spacial score (nSPS) is 12.0. The number of aliphatic hydroxyl groups is 1. The van der Waals surface area contributed by atoms with Crippen LogP contribution in [0.4, 0.5) is 5.69 Å². The van der Waals surface area contributed by atoms with Gasteiger partial charge in [0.15, 0.2) is 0 Å². The highest BCUT2D eigenvalue weighted by molar-refractivity contribution is 6.30. The monoisotopic (exact) mass is 325 g/mol. The molecule has 0 amide bonds. The van der Waals surface area contributed by atoms with E-state index in [1.54, 1.807) is 0 Å². The smallest absolute Gasteiger partial charge is 0.119 e. The number of ether oxygens (including phenoxy) is 1. The number of anilines is 1. The average Bonchev–Trinajstić information content (AvgIpc) is 2.53. The van der Waals surface area contributed by atoms with Gasteiger partial charge < -0.3 is 15.2 Å². The van der Waals surface area contributed by atoms with Crippen molar-refractivity contribution in [2.24, 2.45) is 0 Å². The molecule has 0 aliphatic rings. The Morgan fingerprint density at radius 2 is 1.71 bits per heavy atom. The fourth-order valence-electron chi connectivity index (χ4n) is 1.71. The lowest BCUT2D eigenvalue weighted by atomic mass is 10.2. The van der Waals surface area contributed by atoms with Crippen LogP contribution in [-0.4, -0.2) is 23.6 Å². The summed E-state index contributed by atoms with van der Waals surface area (Å²) in [6.07, 6.45) is -0.549. The van der Waals surface area contributed by atoms with Crippen LogP contribution in [0.1, 0.15) is 5.56 Å². The van der Waals surface area contributed by atoms with Gasteiger partial charge in [-0.25, -0.2) is 0 Å². The molecule has 2 N–H and O–H groups in total. The molecule has 0 saturated heterocycles. The summed E-state index contributed by atoms with van der Waals surface area (Å²) in [4.78, 5) is 0. The Hall–Kier alpha value is -1.42. The molecule has 2 rings (SSSR count). The van der Waals surface area contributed by atoms with Gasteiger partial charge in [-0.1, -0.05) is 23.7 Å². The second-order valence-corrected chi connectivity index (χ2v) is 5.37. The van der Waals surface area contributed by atoms with Crippen molar-refractivity contribution in [1.29, 1.82) is 0 Å². The van der Waals surface area contributed by atoms with Gasteiger partial charge in [0.1, 0.15) is 12.4 Å². The highest BCUT2D eigenvalue weighted by atomic mass is 35.5. The van der Waals surface area contributed by atoms with Gasteiger partial charge >= 0.3 is 0 Å². The second-order valence-electron chi connectivity index (χ2n) is 4.63. The molecule has 112 valence electrons. The van der Waals surface area contributed by atoms with Crippen molar-refractivity contribution in [1.82, 2.24) is 0 Å². The Morgan fingerprint density at radius 1 is 1.05 bits per heavy atom. The van der Waals surface area contributed by atoms with E-state index in [0.29, 0.717) is 18.2 Å². The predicted molar refractivity (Wildman–Crippen MR) is 87.4 cm³/mol. The summed E-state index contributed by atoms with van der Waals surface area (Å²) >= 11 is 11.4. The third-order valence-corrected chi connectivity index (χ3v) is 3.50. The van der Waals surface area contributed by atoms with Gasteiger partial charge in [-0.2, -0.15) is 0 Å². The van der Waals surface area contributed by atoms with E-state index in [1.165, 1.54) is 0 Å². The quantitative estimate of drug-likeness (QED) is 0.758. The Kier molecular flexibility index (Phi) is 6.18. The maximum atomic E-state index is 9.38. The van der Waals surface area contributed by atoms with Crippen LogP contribution in [0, 0.1) is 0 Å². The number of benzene rings is 2. The summed E-state index contributed by atoms with van der Waals surface area (Å²) in [6.45, 7) is 0.920. The van der Waals surface area contributed by atoms with Crippen LogP contribution < -0.4 is 10.1 Å². The van der Waals surface area contributed by atoms with Gasteiger partial charge in [-0.15, -0.1) is 11.6 Å². The van der Waals surface area contributed by atoms with Crippen molar-refractivity contribution in [3.05, 3.63) is 59.1 Å². The van der Waals surface area contributed by atoms with Gasteiger partial charge in [0.05, 0.1) is 12.0 Å². The number of hydrogen-bond donors (Lipinski definition) is 2. The van der Waals surface area contributed by atoms with Crippen molar-refractivity contribution in [2.75, 3.05) is 17.7 Å². The zero-order valence-corrected chi connectivity index (χ0v) is 12.9. The molecule has 0 aromatic heterocycles. The van der Waals surface area contributed by atoms with Crippen LogP contribution in [0.2, 0.25) is 5.02 Å². The largest absolute Gasteiger partial charge is 0.489 e. The second kappa shape index (κ2) is 8.13. The third-order valence-electron chi connectivity index (χ3n) is 2.89. The molecule has 5 heteroatoms. The van der Waals surface area contributed by atoms with Crippen LogP contribution in [0.3, 0.4) is 0 Å². The minimum atomic E-state index is -0.549. The van der Waals surface area contributed by atoms with Gasteiger partial charge in [0.25, 0.3) is 0 Å². The van der Waals surface area contributed by atoms with Crippen molar-refractivity contribution in [2.45, 2.75) is 12.7 Å². The Labute approximate surface area is 134 Å². The first kappa shape index (κ1) is 16.0. The lowest BCUT2D eigenvalue weighted by Crippen LogP contribution is -2.20. The minimum Gasteiger partial charge on any atom is -0.489 e. The standard InChI is InChI=1S/C16H17Cl2NO2/c17-9-15(20)10-19-14-5-7-16(8-6-14)21-11-12-1-3-13(18)4-2-12/h1-8,15,19-20H,9-11H2. The van der Waals surface area contributed by atoms with Gasteiger partial charge in [0, 0.05) is 17.3 Å². The van der Waals surface area contributed by atoms with E-state index in [0.717, 1.165) is 17.0 Å². The molecule has 3 nitrogen and oxygen atoms in total. The first-order valence-corrected chi connectivity index (χ1v) is 7.54. The van der Waals surface area contributed by atoms with E-state index in [4.69, 9.17) is 27.9 Å². The van der Waals surface area contributed by atoms with Gasteiger partial charge in [0.2, 0.25) is 0 Å². The van der Waals surface area contributed by atoms with E-state index in [-0.39, 0.29) is 5.88 Å². The Morgan fingerprint density at radius 3 is 2.33 bits per heavy atom. The fraction of sp³-hybridized carbons (Fsp3) is 0.250. The van der Waals surface area contributed by atoms with Crippen molar-refractivity contribution >= 4 is 28.9 Å². The third kappa shape index (κ3) is 5.46. The molecule has 0 aliphatic carbocycles. The van der Waals surface area contributed by atoms with Crippen LogP contribution >= 0.6 is 23.2 Å². The van der Waals surface area contributed by atoms with Crippen LogP contribution in [-0.2, 0) is 6.61 Å². The molecular formula is C16H17Cl2NO2. The Bertz CT molecular complexity index is 543. The van der Waals surface area contributed by atoms with E-state index in [9.17, 15) is 5.11 Å². The molecule has 0 aliphatic heterocycles. The zero-order chi connectivity index (χ0) is 15.1. The number of halogens is 2. The molecule has 0 saturated carbocycles.